The number of carbonyl (C=O) groups is 1. The summed E-state index contributed by atoms with van der Waals surface area (Å²) >= 11 is 5.97. The van der Waals surface area contributed by atoms with Gasteiger partial charge in [0.25, 0.3) is 0 Å². The van der Waals surface area contributed by atoms with Gasteiger partial charge in [0.2, 0.25) is 0 Å². The van der Waals surface area contributed by atoms with Crippen LogP contribution in [0.2, 0.25) is 5.02 Å². The van der Waals surface area contributed by atoms with E-state index in [1.165, 1.54) is 26.4 Å². The van der Waals surface area contributed by atoms with Crippen molar-refractivity contribution in [3.05, 3.63) is 34.9 Å². The highest BCUT2D eigenvalue weighted by Crippen LogP contribution is 2.23. The van der Waals surface area contributed by atoms with E-state index in [2.05, 4.69) is 5.32 Å². The first-order valence-electron chi connectivity index (χ1n) is 6.27. The summed E-state index contributed by atoms with van der Waals surface area (Å²) in [7, 11) is 1.42. The van der Waals surface area contributed by atoms with Crippen LogP contribution in [0.5, 0.6) is 0 Å². The molecule has 1 aliphatic carbocycles. The molecule has 0 saturated heterocycles. The molecular formula is C14H18ClNO2. The van der Waals surface area contributed by atoms with Gasteiger partial charge in [-0.25, -0.2) is 0 Å². The van der Waals surface area contributed by atoms with Crippen LogP contribution in [0, 0.1) is 0 Å². The number of halogens is 1. The number of carbonyl (C=O) groups excluding carboxylic acids is 1. The lowest BCUT2D eigenvalue weighted by Gasteiger charge is -2.28. The Labute approximate surface area is 112 Å². The van der Waals surface area contributed by atoms with Crippen LogP contribution in [0.1, 0.15) is 30.7 Å². The summed E-state index contributed by atoms with van der Waals surface area (Å²) in [5, 5.41) is 4.05. The van der Waals surface area contributed by atoms with Gasteiger partial charge in [0, 0.05) is 17.6 Å². The van der Waals surface area contributed by atoms with Gasteiger partial charge in [0.15, 0.2) is 0 Å². The molecule has 1 saturated carbocycles. The molecule has 1 unspecified atom stereocenters. The van der Waals surface area contributed by atoms with Gasteiger partial charge in [-0.15, -0.1) is 0 Å². The number of hydrogen-bond acceptors (Lipinski definition) is 3. The van der Waals surface area contributed by atoms with Crippen molar-refractivity contribution < 1.29 is 9.53 Å². The fraction of sp³-hybridized carbons (Fsp3) is 0.500. The summed E-state index contributed by atoms with van der Waals surface area (Å²) in [5.74, 6) is -0.501. The third-order valence-electron chi connectivity index (χ3n) is 3.45. The largest absolute Gasteiger partial charge is 0.469 e. The lowest BCUT2D eigenvalue weighted by atomic mass is 9.91. The van der Waals surface area contributed by atoms with E-state index >= 15 is 0 Å². The Bertz CT molecular complexity index is 418. The number of esters is 1. The predicted octanol–water partition coefficient (Wildman–Crippen LogP) is 2.74. The highest BCUT2D eigenvalue weighted by atomic mass is 35.5. The van der Waals surface area contributed by atoms with Crippen LogP contribution in [0.4, 0.5) is 0 Å². The Morgan fingerprint density at radius 1 is 1.56 bits per heavy atom. The molecule has 1 atom stereocenters. The minimum Gasteiger partial charge on any atom is -0.469 e. The minimum atomic E-state index is -0.283. The van der Waals surface area contributed by atoms with Gasteiger partial charge in [-0.1, -0.05) is 30.2 Å². The Morgan fingerprint density at radius 2 is 2.33 bits per heavy atom. The van der Waals surface area contributed by atoms with Crippen LogP contribution in [0.25, 0.3) is 0 Å². The van der Waals surface area contributed by atoms with Crippen LogP contribution < -0.4 is 5.32 Å². The van der Waals surface area contributed by atoms with Gasteiger partial charge >= 0.3 is 5.97 Å². The number of benzene rings is 1. The quantitative estimate of drug-likeness (QED) is 0.834. The van der Waals surface area contributed by atoms with Crippen molar-refractivity contribution >= 4 is 17.6 Å². The maximum Gasteiger partial charge on any atom is 0.314 e. The molecule has 98 valence electrons. The highest BCUT2D eigenvalue weighted by Gasteiger charge is 2.24. The molecule has 0 spiro atoms. The zero-order valence-corrected chi connectivity index (χ0v) is 11.2. The van der Waals surface area contributed by atoms with Gasteiger partial charge in [0.1, 0.15) is 0 Å². The lowest BCUT2D eigenvalue weighted by Crippen LogP contribution is -2.39. The van der Waals surface area contributed by atoms with Gasteiger partial charge in [0.05, 0.1) is 13.0 Å². The second-order valence-corrected chi connectivity index (χ2v) is 5.10. The Balaban J connectivity index is 2.05. The molecule has 0 aliphatic heterocycles. The number of rotatable bonds is 5. The molecule has 1 fully saturated rings. The van der Waals surface area contributed by atoms with Gasteiger partial charge in [-0.3, -0.25) is 4.79 Å². The van der Waals surface area contributed by atoms with Crippen LogP contribution in [-0.2, 0) is 9.53 Å². The average Bonchev–Trinajstić information content (AvgIpc) is 2.31. The molecule has 1 aromatic carbocycles. The van der Waals surface area contributed by atoms with E-state index in [4.69, 9.17) is 16.3 Å². The SMILES string of the molecule is COC(=O)C(CNC1CCC1)c1cccc(Cl)c1. The standard InChI is InChI=1S/C14H18ClNO2/c1-18-14(17)13(9-16-12-6-3-7-12)10-4-2-5-11(15)8-10/h2,4-5,8,12-13,16H,3,6-7,9H2,1H3. The summed E-state index contributed by atoms with van der Waals surface area (Å²) in [6.45, 7) is 0.609. The molecule has 0 radical (unpaired) electrons. The first kappa shape index (κ1) is 13.4. The van der Waals surface area contributed by atoms with Gasteiger partial charge in [-0.2, -0.15) is 0 Å². The number of methoxy groups -OCH3 is 1. The van der Waals surface area contributed by atoms with Gasteiger partial charge < -0.3 is 10.1 Å². The highest BCUT2D eigenvalue weighted by molar-refractivity contribution is 6.30. The van der Waals surface area contributed by atoms with Crippen molar-refractivity contribution in [2.75, 3.05) is 13.7 Å². The number of ether oxygens (including phenoxy) is 1. The summed E-state index contributed by atoms with van der Waals surface area (Å²) in [6.07, 6.45) is 3.67. The van der Waals surface area contributed by atoms with Crippen LogP contribution in [-0.4, -0.2) is 25.7 Å². The molecule has 0 bridgehead atoms. The molecule has 3 nitrogen and oxygen atoms in total. The van der Waals surface area contributed by atoms with Crippen molar-refractivity contribution in [1.29, 1.82) is 0 Å². The van der Waals surface area contributed by atoms with Gasteiger partial charge in [-0.05, 0) is 30.5 Å². The monoisotopic (exact) mass is 267 g/mol. The van der Waals surface area contributed by atoms with Crippen LogP contribution >= 0.6 is 11.6 Å². The average molecular weight is 268 g/mol. The zero-order valence-electron chi connectivity index (χ0n) is 10.5. The second-order valence-electron chi connectivity index (χ2n) is 4.67. The minimum absolute atomic E-state index is 0.218. The molecular weight excluding hydrogens is 250 g/mol. The Hall–Kier alpha value is -1.06. The fourth-order valence-corrected chi connectivity index (χ4v) is 2.30. The van der Waals surface area contributed by atoms with E-state index in [9.17, 15) is 4.79 Å². The third kappa shape index (κ3) is 3.24. The van der Waals surface area contributed by atoms with E-state index < -0.39 is 0 Å². The van der Waals surface area contributed by atoms with E-state index in [0.29, 0.717) is 17.6 Å². The van der Waals surface area contributed by atoms with E-state index in [1.807, 2.05) is 18.2 Å². The molecule has 18 heavy (non-hydrogen) atoms. The van der Waals surface area contributed by atoms with E-state index in [1.54, 1.807) is 6.07 Å². The molecule has 0 heterocycles. The second kappa shape index (κ2) is 6.21. The summed E-state index contributed by atoms with van der Waals surface area (Å²) < 4.78 is 4.87. The molecule has 1 aliphatic rings. The third-order valence-corrected chi connectivity index (χ3v) is 3.69. The maximum atomic E-state index is 11.8. The van der Waals surface area contributed by atoms with Crippen molar-refractivity contribution in [2.24, 2.45) is 0 Å². The maximum absolute atomic E-state index is 11.8. The summed E-state index contributed by atoms with van der Waals surface area (Å²) in [5.41, 5.74) is 0.904. The van der Waals surface area contributed by atoms with E-state index in [-0.39, 0.29) is 11.9 Å². The van der Waals surface area contributed by atoms with Crippen LogP contribution in [0.15, 0.2) is 24.3 Å². The van der Waals surface area contributed by atoms with Crippen molar-refractivity contribution in [1.82, 2.24) is 5.32 Å². The molecule has 1 N–H and O–H groups in total. The first-order chi connectivity index (χ1) is 8.70. The summed E-state index contributed by atoms with van der Waals surface area (Å²) in [4.78, 5) is 11.8. The normalized spacial score (nSPS) is 17.0. The molecule has 0 amide bonds. The van der Waals surface area contributed by atoms with Crippen molar-refractivity contribution in [2.45, 2.75) is 31.2 Å². The molecule has 4 heteroatoms. The topological polar surface area (TPSA) is 38.3 Å². The Kier molecular flexibility index (Phi) is 4.61. The van der Waals surface area contributed by atoms with E-state index in [0.717, 1.165) is 5.56 Å². The number of nitrogens with one attached hydrogen (secondary N) is 1. The van der Waals surface area contributed by atoms with Crippen molar-refractivity contribution in [3.8, 4) is 0 Å². The number of hydrogen-bond donors (Lipinski definition) is 1. The smallest absolute Gasteiger partial charge is 0.314 e. The van der Waals surface area contributed by atoms with Crippen LogP contribution in [0.3, 0.4) is 0 Å². The predicted molar refractivity (Wildman–Crippen MR) is 71.9 cm³/mol. The fourth-order valence-electron chi connectivity index (χ4n) is 2.10. The molecule has 0 aromatic heterocycles. The zero-order chi connectivity index (χ0) is 13.0. The van der Waals surface area contributed by atoms with Crippen molar-refractivity contribution in [3.63, 3.8) is 0 Å². The molecule has 1 aromatic rings. The lowest BCUT2D eigenvalue weighted by molar-refractivity contribution is -0.142. The molecule has 2 rings (SSSR count). The summed E-state index contributed by atoms with van der Waals surface area (Å²) in [6, 6.07) is 7.95. The Morgan fingerprint density at radius 3 is 2.89 bits per heavy atom. The first-order valence-corrected chi connectivity index (χ1v) is 6.65.